The van der Waals surface area contributed by atoms with Crippen molar-refractivity contribution >= 4 is 28.6 Å². The van der Waals surface area contributed by atoms with Crippen LogP contribution in [0.5, 0.6) is 0 Å². The molecule has 0 spiro atoms. The Morgan fingerprint density at radius 1 is 1.33 bits per heavy atom. The average Bonchev–Trinajstić information content (AvgIpc) is 2.28. The van der Waals surface area contributed by atoms with E-state index < -0.39 is 4.92 Å². The molecular formula is C11H12N4O3. The average molecular weight is 248 g/mol. The number of hydrogen-bond donors (Lipinski definition) is 2. The number of carbonyl (C=O) groups is 1. The second-order valence-corrected chi connectivity index (χ2v) is 3.56. The van der Waals surface area contributed by atoms with Gasteiger partial charge >= 0.3 is 0 Å². The van der Waals surface area contributed by atoms with Crippen LogP contribution in [0, 0.1) is 15.5 Å². The van der Waals surface area contributed by atoms with E-state index in [0.29, 0.717) is 5.69 Å². The molecule has 0 atom stereocenters. The minimum Gasteiger partial charge on any atom is -0.303 e. The van der Waals surface area contributed by atoms with E-state index in [0.717, 1.165) is 0 Å². The van der Waals surface area contributed by atoms with Crippen molar-refractivity contribution in [3.05, 3.63) is 34.4 Å². The fourth-order valence-electron chi connectivity index (χ4n) is 1.20. The molecule has 1 aromatic rings. The van der Waals surface area contributed by atoms with Crippen molar-refractivity contribution in [2.24, 2.45) is 5.10 Å². The van der Waals surface area contributed by atoms with Crippen molar-refractivity contribution in [1.82, 2.24) is 0 Å². The summed E-state index contributed by atoms with van der Waals surface area (Å²) in [6.07, 6.45) is 0. The summed E-state index contributed by atoms with van der Waals surface area (Å²) in [6.45, 7) is 2.77. The van der Waals surface area contributed by atoms with Gasteiger partial charge in [-0.1, -0.05) is 0 Å². The molecule has 0 heterocycles. The van der Waals surface area contributed by atoms with Gasteiger partial charge in [0.05, 0.1) is 16.3 Å². The summed E-state index contributed by atoms with van der Waals surface area (Å²) in [5, 5.41) is 21.6. The molecule has 18 heavy (non-hydrogen) atoms. The van der Waals surface area contributed by atoms with Crippen molar-refractivity contribution in [1.29, 1.82) is 5.41 Å². The van der Waals surface area contributed by atoms with Crippen LogP contribution in [0.2, 0.25) is 0 Å². The van der Waals surface area contributed by atoms with E-state index in [1.165, 1.54) is 38.1 Å². The zero-order valence-corrected chi connectivity index (χ0v) is 9.93. The Hall–Kier alpha value is -2.57. The van der Waals surface area contributed by atoms with Gasteiger partial charge in [0.2, 0.25) is 0 Å². The molecule has 1 aromatic carbocycles. The molecule has 0 saturated carbocycles. The lowest BCUT2D eigenvalue weighted by Crippen LogP contribution is -2.19. The van der Waals surface area contributed by atoms with E-state index in [1.807, 2.05) is 0 Å². The molecular weight excluding hydrogens is 236 g/mol. The maximum absolute atomic E-state index is 11.1. The van der Waals surface area contributed by atoms with E-state index in [2.05, 4.69) is 10.5 Å². The number of benzene rings is 1. The lowest BCUT2D eigenvalue weighted by Gasteiger charge is -2.03. The summed E-state index contributed by atoms with van der Waals surface area (Å²) in [5.74, 6) is -0.322. The highest BCUT2D eigenvalue weighted by atomic mass is 16.6. The van der Waals surface area contributed by atoms with Crippen LogP contribution in [-0.4, -0.2) is 22.1 Å². The number of nitro benzene ring substituents is 1. The van der Waals surface area contributed by atoms with Gasteiger partial charge in [-0.3, -0.25) is 20.3 Å². The van der Waals surface area contributed by atoms with Gasteiger partial charge in [0, 0.05) is 19.1 Å². The van der Waals surface area contributed by atoms with E-state index in [4.69, 9.17) is 5.41 Å². The maximum atomic E-state index is 11.1. The Morgan fingerprint density at radius 2 is 1.89 bits per heavy atom. The van der Waals surface area contributed by atoms with Gasteiger partial charge in [-0.15, -0.1) is 0 Å². The summed E-state index contributed by atoms with van der Waals surface area (Å²) < 4.78 is 0. The SMILES string of the molecule is CC(=N)/C(=N/Nc1ccc([N+](=O)[O-])cc1)C(C)=O. The number of rotatable bonds is 5. The first kappa shape index (κ1) is 13.5. The molecule has 7 heteroatoms. The van der Waals surface area contributed by atoms with Gasteiger partial charge in [-0.2, -0.15) is 5.10 Å². The molecule has 2 N–H and O–H groups in total. The summed E-state index contributed by atoms with van der Waals surface area (Å²) in [4.78, 5) is 21.1. The number of nitro groups is 1. The van der Waals surface area contributed by atoms with Gasteiger partial charge in [-0.05, 0) is 19.1 Å². The number of nitrogens with zero attached hydrogens (tertiary/aromatic N) is 2. The van der Waals surface area contributed by atoms with E-state index in [-0.39, 0.29) is 22.9 Å². The largest absolute Gasteiger partial charge is 0.303 e. The van der Waals surface area contributed by atoms with Crippen molar-refractivity contribution in [3.8, 4) is 0 Å². The highest BCUT2D eigenvalue weighted by Gasteiger charge is 2.08. The number of carbonyl (C=O) groups excluding carboxylic acids is 1. The minimum atomic E-state index is -0.504. The van der Waals surface area contributed by atoms with Crippen LogP contribution in [0.15, 0.2) is 29.4 Å². The Morgan fingerprint density at radius 3 is 2.28 bits per heavy atom. The third-order valence-electron chi connectivity index (χ3n) is 2.06. The topological polar surface area (TPSA) is 108 Å². The van der Waals surface area contributed by atoms with Crippen LogP contribution < -0.4 is 5.43 Å². The highest BCUT2D eigenvalue weighted by molar-refractivity contribution is 6.66. The second-order valence-electron chi connectivity index (χ2n) is 3.56. The predicted molar refractivity (Wildman–Crippen MR) is 68.2 cm³/mol. The van der Waals surface area contributed by atoms with Crippen LogP contribution in [0.25, 0.3) is 0 Å². The molecule has 0 aliphatic carbocycles. The van der Waals surface area contributed by atoms with Gasteiger partial charge in [0.1, 0.15) is 5.71 Å². The Bertz CT molecular complexity index is 504. The predicted octanol–water partition coefficient (Wildman–Crippen LogP) is 1.99. The number of Topliss-reactive ketones (excluding diaryl/α,β-unsaturated/α-hetero) is 1. The van der Waals surface area contributed by atoms with Crippen LogP contribution in [0.4, 0.5) is 11.4 Å². The van der Waals surface area contributed by atoms with Gasteiger partial charge in [-0.25, -0.2) is 0 Å². The number of non-ortho nitro benzene ring substituents is 1. The summed E-state index contributed by atoms with van der Waals surface area (Å²) in [6, 6.07) is 5.59. The summed E-state index contributed by atoms with van der Waals surface area (Å²) in [7, 11) is 0. The molecule has 1 rings (SSSR count). The molecule has 0 unspecified atom stereocenters. The van der Waals surface area contributed by atoms with E-state index >= 15 is 0 Å². The van der Waals surface area contributed by atoms with Gasteiger partial charge < -0.3 is 5.41 Å². The lowest BCUT2D eigenvalue weighted by atomic mass is 10.2. The van der Waals surface area contributed by atoms with Crippen molar-refractivity contribution < 1.29 is 9.72 Å². The van der Waals surface area contributed by atoms with Crippen LogP contribution in [-0.2, 0) is 4.79 Å². The maximum Gasteiger partial charge on any atom is 0.269 e. The van der Waals surface area contributed by atoms with Crippen molar-refractivity contribution in [3.63, 3.8) is 0 Å². The first-order chi connectivity index (χ1) is 8.41. The van der Waals surface area contributed by atoms with E-state index in [9.17, 15) is 14.9 Å². The summed E-state index contributed by atoms with van der Waals surface area (Å²) in [5.41, 5.74) is 3.12. The number of nitrogens with one attached hydrogen (secondary N) is 2. The molecule has 0 saturated heterocycles. The first-order valence-electron chi connectivity index (χ1n) is 5.06. The summed E-state index contributed by atoms with van der Waals surface area (Å²) >= 11 is 0. The normalized spacial score (nSPS) is 10.9. The fourth-order valence-corrected chi connectivity index (χ4v) is 1.20. The fraction of sp³-hybridized carbons (Fsp3) is 0.182. The molecule has 0 aromatic heterocycles. The van der Waals surface area contributed by atoms with Crippen LogP contribution in [0.1, 0.15) is 13.8 Å². The van der Waals surface area contributed by atoms with Gasteiger partial charge in [0.15, 0.2) is 5.78 Å². The molecule has 0 aliphatic heterocycles. The number of anilines is 1. The third-order valence-corrected chi connectivity index (χ3v) is 2.06. The molecule has 94 valence electrons. The number of ketones is 1. The Kier molecular flexibility index (Phi) is 4.25. The number of hydrogen-bond acceptors (Lipinski definition) is 6. The Balaban J connectivity index is 2.85. The smallest absolute Gasteiger partial charge is 0.269 e. The number of hydrazone groups is 1. The van der Waals surface area contributed by atoms with Gasteiger partial charge in [0.25, 0.3) is 5.69 Å². The molecule has 0 radical (unpaired) electrons. The molecule has 0 fully saturated rings. The molecule has 0 amide bonds. The molecule has 0 bridgehead atoms. The highest BCUT2D eigenvalue weighted by Crippen LogP contribution is 2.15. The van der Waals surface area contributed by atoms with E-state index in [1.54, 1.807) is 0 Å². The quantitative estimate of drug-likeness (QED) is 0.471. The zero-order valence-electron chi connectivity index (χ0n) is 9.93. The monoisotopic (exact) mass is 248 g/mol. The standard InChI is InChI=1S/C11H12N4O3/c1-7(12)11(8(2)16)14-13-9-3-5-10(6-4-9)15(17)18/h3-6,12-13H,1-2H3/b12-7?,14-11-. The van der Waals surface area contributed by atoms with Crippen molar-refractivity contribution in [2.75, 3.05) is 5.43 Å². The Labute approximate surface area is 103 Å². The second kappa shape index (κ2) is 5.67. The molecule has 0 aliphatic rings. The first-order valence-corrected chi connectivity index (χ1v) is 5.06. The van der Waals surface area contributed by atoms with Crippen LogP contribution >= 0.6 is 0 Å². The third kappa shape index (κ3) is 3.48. The van der Waals surface area contributed by atoms with Crippen LogP contribution in [0.3, 0.4) is 0 Å². The minimum absolute atomic E-state index is 0.0216. The lowest BCUT2D eigenvalue weighted by molar-refractivity contribution is -0.384. The zero-order chi connectivity index (χ0) is 13.7. The van der Waals surface area contributed by atoms with Crippen molar-refractivity contribution in [2.45, 2.75) is 13.8 Å². The molecule has 7 nitrogen and oxygen atoms in total.